The van der Waals surface area contributed by atoms with Crippen LogP contribution in [0.25, 0.3) is 0 Å². The SMILES string of the molecule is CC(=O)O[C@@H]1O[C@H](C)[C@H](O)[C@H](OC(C)=O)[C@H]1OC(C)=O. The highest BCUT2D eigenvalue weighted by Gasteiger charge is 2.49. The van der Waals surface area contributed by atoms with Crippen LogP contribution in [0.15, 0.2) is 0 Å². The van der Waals surface area contributed by atoms with Gasteiger partial charge in [-0.25, -0.2) is 0 Å². The van der Waals surface area contributed by atoms with E-state index in [2.05, 4.69) is 0 Å². The highest BCUT2D eigenvalue weighted by atomic mass is 16.7. The van der Waals surface area contributed by atoms with Crippen molar-refractivity contribution in [2.75, 3.05) is 0 Å². The fourth-order valence-electron chi connectivity index (χ4n) is 1.89. The highest BCUT2D eigenvalue weighted by molar-refractivity contribution is 5.68. The Morgan fingerprint density at radius 1 is 0.900 bits per heavy atom. The number of aliphatic hydroxyl groups excluding tert-OH is 1. The van der Waals surface area contributed by atoms with Crippen LogP contribution in [0.3, 0.4) is 0 Å². The van der Waals surface area contributed by atoms with Gasteiger partial charge < -0.3 is 24.1 Å². The van der Waals surface area contributed by atoms with E-state index >= 15 is 0 Å². The Balaban J connectivity index is 3.00. The van der Waals surface area contributed by atoms with Crippen molar-refractivity contribution in [1.82, 2.24) is 0 Å². The molecule has 0 amide bonds. The van der Waals surface area contributed by atoms with Crippen LogP contribution in [0.4, 0.5) is 0 Å². The summed E-state index contributed by atoms with van der Waals surface area (Å²) in [5.41, 5.74) is 0. The van der Waals surface area contributed by atoms with Crippen molar-refractivity contribution in [3.63, 3.8) is 0 Å². The summed E-state index contributed by atoms with van der Waals surface area (Å²) < 4.78 is 20.1. The summed E-state index contributed by atoms with van der Waals surface area (Å²) in [5, 5.41) is 9.99. The Morgan fingerprint density at radius 3 is 1.80 bits per heavy atom. The maximum atomic E-state index is 11.1. The fraction of sp³-hybridized carbons (Fsp3) is 0.750. The fourth-order valence-corrected chi connectivity index (χ4v) is 1.89. The minimum absolute atomic E-state index is 0.655. The average Bonchev–Trinajstić information content (AvgIpc) is 2.28. The summed E-state index contributed by atoms with van der Waals surface area (Å²) in [7, 11) is 0. The Hall–Kier alpha value is -1.67. The van der Waals surface area contributed by atoms with Crippen LogP contribution in [-0.2, 0) is 33.3 Å². The molecular weight excluding hydrogens is 272 g/mol. The third-order valence-electron chi connectivity index (χ3n) is 2.64. The molecule has 1 saturated heterocycles. The molecule has 0 aliphatic carbocycles. The molecule has 1 aliphatic rings. The van der Waals surface area contributed by atoms with Crippen molar-refractivity contribution >= 4 is 17.9 Å². The van der Waals surface area contributed by atoms with E-state index in [1.807, 2.05) is 0 Å². The van der Waals surface area contributed by atoms with Gasteiger partial charge in [0.15, 0.2) is 6.10 Å². The number of hydrogen-bond acceptors (Lipinski definition) is 8. The van der Waals surface area contributed by atoms with E-state index in [4.69, 9.17) is 18.9 Å². The zero-order chi connectivity index (χ0) is 15.4. The smallest absolute Gasteiger partial charge is 0.305 e. The molecular formula is C12H18O8. The lowest BCUT2D eigenvalue weighted by atomic mass is 9.99. The second-order valence-corrected chi connectivity index (χ2v) is 4.46. The second kappa shape index (κ2) is 6.67. The van der Waals surface area contributed by atoms with Crippen LogP contribution in [0.2, 0.25) is 0 Å². The molecule has 8 heteroatoms. The number of ether oxygens (including phenoxy) is 4. The van der Waals surface area contributed by atoms with Crippen LogP contribution in [0.5, 0.6) is 0 Å². The average molecular weight is 290 g/mol. The molecule has 114 valence electrons. The predicted molar refractivity (Wildman–Crippen MR) is 63.2 cm³/mol. The predicted octanol–water partition coefficient (Wildman–Crippen LogP) is -0.481. The van der Waals surface area contributed by atoms with Crippen LogP contribution >= 0.6 is 0 Å². The topological polar surface area (TPSA) is 108 Å². The van der Waals surface area contributed by atoms with Crippen LogP contribution in [0, 0.1) is 0 Å². The maximum Gasteiger partial charge on any atom is 0.305 e. The van der Waals surface area contributed by atoms with Crippen LogP contribution < -0.4 is 0 Å². The van der Waals surface area contributed by atoms with Crippen molar-refractivity contribution in [2.45, 2.75) is 58.4 Å². The van der Waals surface area contributed by atoms with Gasteiger partial charge in [0.25, 0.3) is 0 Å². The second-order valence-electron chi connectivity index (χ2n) is 4.46. The zero-order valence-corrected chi connectivity index (χ0v) is 11.7. The molecule has 1 aliphatic heterocycles. The number of hydrogen-bond donors (Lipinski definition) is 1. The minimum atomic E-state index is -1.25. The van der Waals surface area contributed by atoms with Gasteiger partial charge in [-0.3, -0.25) is 14.4 Å². The van der Waals surface area contributed by atoms with E-state index in [0.29, 0.717) is 0 Å². The van der Waals surface area contributed by atoms with Crippen LogP contribution in [-0.4, -0.2) is 53.7 Å². The Labute approximate surface area is 115 Å². The summed E-state index contributed by atoms with van der Waals surface area (Å²) in [6.07, 6.45) is -5.64. The number of aliphatic hydroxyl groups is 1. The number of carbonyl (C=O) groups excluding carboxylic acids is 3. The van der Waals surface area contributed by atoms with Gasteiger partial charge in [-0.05, 0) is 6.92 Å². The van der Waals surface area contributed by atoms with Gasteiger partial charge in [0.1, 0.15) is 6.10 Å². The number of rotatable bonds is 3. The highest BCUT2D eigenvalue weighted by Crippen LogP contribution is 2.27. The number of esters is 3. The van der Waals surface area contributed by atoms with E-state index in [1.54, 1.807) is 0 Å². The first kappa shape index (κ1) is 16.4. The van der Waals surface area contributed by atoms with Crippen molar-refractivity contribution in [1.29, 1.82) is 0 Å². The molecule has 1 rings (SSSR count). The lowest BCUT2D eigenvalue weighted by Crippen LogP contribution is -2.60. The summed E-state index contributed by atoms with van der Waals surface area (Å²) in [6.45, 7) is 4.96. The molecule has 20 heavy (non-hydrogen) atoms. The monoisotopic (exact) mass is 290 g/mol. The van der Waals surface area contributed by atoms with Gasteiger partial charge in [0.2, 0.25) is 12.4 Å². The molecule has 5 atom stereocenters. The largest absolute Gasteiger partial charge is 0.455 e. The molecule has 0 aromatic rings. The summed E-state index contributed by atoms with van der Waals surface area (Å²) in [4.78, 5) is 33.3. The minimum Gasteiger partial charge on any atom is -0.455 e. The van der Waals surface area contributed by atoms with Crippen molar-refractivity contribution in [3.8, 4) is 0 Å². The van der Waals surface area contributed by atoms with E-state index in [1.165, 1.54) is 6.92 Å². The van der Waals surface area contributed by atoms with E-state index < -0.39 is 48.6 Å². The molecule has 0 aromatic heterocycles. The first-order chi connectivity index (χ1) is 9.22. The van der Waals surface area contributed by atoms with E-state index in [0.717, 1.165) is 20.8 Å². The Kier molecular flexibility index (Phi) is 5.46. The quantitative estimate of drug-likeness (QED) is 0.548. The summed E-state index contributed by atoms with van der Waals surface area (Å²) >= 11 is 0. The first-order valence-electron chi connectivity index (χ1n) is 6.07. The van der Waals surface area contributed by atoms with Gasteiger partial charge >= 0.3 is 17.9 Å². The molecule has 0 spiro atoms. The normalized spacial score (nSPS) is 33.1. The van der Waals surface area contributed by atoms with Gasteiger partial charge in [-0.1, -0.05) is 0 Å². The third kappa shape index (κ3) is 4.17. The van der Waals surface area contributed by atoms with Crippen molar-refractivity contribution in [3.05, 3.63) is 0 Å². The van der Waals surface area contributed by atoms with Crippen LogP contribution in [0.1, 0.15) is 27.7 Å². The van der Waals surface area contributed by atoms with E-state index in [9.17, 15) is 19.5 Å². The lowest BCUT2D eigenvalue weighted by molar-refractivity contribution is -0.290. The molecule has 0 radical (unpaired) electrons. The molecule has 0 aromatic carbocycles. The van der Waals surface area contributed by atoms with Gasteiger partial charge in [0.05, 0.1) is 6.10 Å². The zero-order valence-electron chi connectivity index (χ0n) is 11.7. The molecule has 1 fully saturated rings. The molecule has 8 nitrogen and oxygen atoms in total. The van der Waals surface area contributed by atoms with E-state index in [-0.39, 0.29) is 0 Å². The van der Waals surface area contributed by atoms with Gasteiger partial charge in [0, 0.05) is 20.8 Å². The summed E-state index contributed by atoms with van der Waals surface area (Å²) in [6, 6.07) is 0. The van der Waals surface area contributed by atoms with Crippen molar-refractivity contribution < 1.29 is 38.4 Å². The Bertz CT molecular complexity index is 393. The maximum absolute atomic E-state index is 11.1. The third-order valence-corrected chi connectivity index (χ3v) is 2.64. The molecule has 1 heterocycles. The Morgan fingerprint density at radius 2 is 1.35 bits per heavy atom. The standard InChI is InChI=1S/C12H18O8/c1-5-9(16)10(18-6(2)13)11(19-7(3)14)12(17-5)20-8(4)15/h5,9-12,16H,1-4H3/t5-,9+,10+,11-,12+/m1/s1. The molecule has 0 bridgehead atoms. The molecule has 0 saturated carbocycles. The van der Waals surface area contributed by atoms with Gasteiger partial charge in [-0.2, -0.15) is 0 Å². The molecule has 0 unspecified atom stereocenters. The number of carbonyl (C=O) groups is 3. The van der Waals surface area contributed by atoms with Gasteiger partial charge in [-0.15, -0.1) is 0 Å². The van der Waals surface area contributed by atoms with Crippen molar-refractivity contribution in [2.24, 2.45) is 0 Å². The first-order valence-corrected chi connectivity index (χ1v) is 6.07. The lowest BCUT2D eigenvalue weighted by Gasteiger charge is -2.41. The summed E-state index contributed by atoms with van der Waals surface area (Å²) in [5.74, 6) is -2.01. The molecule has 1 N–H and O–H groups in total.